The van der Waals surface area contributed by atoms with Crippen LogP contribution in [0.4, 0.5) is 17.1 Å². The van der Waals surface area contributed by atoms with Gasteiger partial charge in [0, 0.05) is 33.4 Å². The van der Waals surface area contributed by atoms with Crippen LogP contribution in [0.2, 0.25) is 0 Å². The summed E-state index contributed by atoms with van der Waals surface area (Å²) >= 11 is 0. The fourth-order valence-electron chi connectivity index (χ4n) is 10.2. The van der Waals surface area contributed by atoms with Crippen LogP contribution in [0.25, 0.3) is 66.4 Å². The first kappa shape index (κ1) is 36.6. The predicted octanol–water partition coefficient (Wildman–Crippen LogP) is 16.4. The van der Waals surface area contributed by atoms with Crippen LogP contribution in [0.15, 0.2) is 253 Å². The molecule has 1 heterocycles. The SMILES string of the molecule is c1ccc(-c2ccc(N(c3ccccc3)c3ccc(-c4cccc5c4-c4ccccc4C5(c4ccccc4)c4ccc(-c5cccc6c5oc5ccccc56)cc4)cc3)cc2)cc1. The van der Waals surface area contributed by atoms with Gasteiger partial charge < -0.3 is 9.32 Å². The van der Waals surface area contributed by atoms with E-state index in [2.05, 4.69) is 248 Å². The molecule has 0 fully saturated rings. The summed E-state index contributed by atoms with van der Waals surface area (Å²) in [7, 11) is 0. The lowest BCUT2D eigenvalue weighted by molar-refractivity contribution is 0.670. The van der Waals surface area contributed by atoms with Crippen LogP contribution in [-0.4, -0.2) is 0 Å². The molecular formula is C61H41NO. The number of benzene rings is 10. The van der Waals surface area contributed by atoms with Crippen LogP contribution >= 0.6 is 0 Å². The Balaban J connectivity index is 0.976. The third-order valence-electron chi connectivity index (χ3n) is 13.0. The molecule has 11 aromatic rings. The van der Waals surface area contributed by atoms with Gasteiger partial charge in [0.25, 0.3) is 0 Å². The molecule has 0 amide bonds. The Morgan fingerprint density at radius 2 is 0.778 bits per heavy atom. The largest absolute Gasteiger partial charge is 0.455 e. The van der Waals surface area contributed by atoms with Crippen LogP contribution < -0.4 is 4.90 Å². The molecule has 12 rings (SSSR count). The average molecular weight is 804 g/mol. The number of fused-ring (bicyclic) bond motifs is 6. The zero-order valence-electron chi connectivity index (χ0n) is 34.5. The molecule has 1 atom stereocenters. The molecule has 0 radical (unpaired) electrons. The first-order chi connectivity index (χ1) is 31.3. The van der Waals surface area contributed by atoms with Gasteiger partial charge in [-0.25, -0.2) is 0 Å². The predicted molar refractivity (Wildman–Crippen MR) is 262 cm³/mol. The molecule has 10 aromatic carbocycles. The Morgan fingerprint density at radius 3 is 1.52 bits per heavy atom. The van der Waals surface area contributed by atoms with E-state index in [9.17, 15) is 0 Å². The lowest BCUT2D eigenvalue weighted by Gasteiger charge is -2.34. The molecule has 1 aliphatic carbocycles. The molecule has 1 aliphatic rings. The van der Waals surface area contributed by atoms with Gasteiger partial charge in [-0.3, -0.25) is 0 Å². The van der Waals surface area contributed by atoms with Gasteiger partial charge in [0.1, 0.15) is 11.2 Å². The van der Waals surface area contributed by atoms with Gasteiger partial charge in [-0.05, 0) is 104 Å². The maximum Gasteiger partial charge on any atom is 0.143 e. The van der Waals surface area contributed by atoms with E-state index in [1.54, 1.807) is 0 Å². The van der Waals surface area contributed by atoms with Gasteiger partial charge in [0.15, 0.2) is 0 Å². The third kappa shape index (κ3) is 5.95. The molecule has 1 unspecified atom stereocenters. The van der Waals surface area contributed by atoms with Gasteiger partial charge in [-0.1, -0.05) is 206 Å². The highest BCUT2D eigenvalue weighted by molar-refractivity contribution is 6.09. The van der Waals surface area contributed by atoms with Crippen LogP contribution in [0.3, 0.4) is 0 Å². The van der Waals surface area contributed by atoms with E-state index >= 15 is 0 Å². The van der Waals surface area contributed by atoms with E-state index in [0.29, 0.717) is 0 Å². The third-order valence-corrected chi connectivity index (χ3v) is 13.0. The van der Waals surface area contributed by atoms with Crippen LogP contribution in [-0.2, 0) is 5.41 Å². The van der Waals surface area contributed by atoms with E-state index in [-0.39, 0.29) is 0 Å². The number of hydrogen-bond donors (Lipinski definition) is 0. The van der Waals surface area contributed by atoms with Crippen LogP contribution in [0, 0.1) is 0 Å². The van der Waals surface area contributed by atoms with Crippen molar-refractivity contribution >= 4 is 39.0 Å². The fraction of sp³-hybridized carbons (Fsp3) is 0.0164. The zero-order valence-corrected chi connectivity index (χ0v) is 34.5. The Bertz CT molecular complexity index is 3410. The minimum Gasteiger partial charge on any atom is -0.455 e. The molecule has 0 bridgehead atoms. The van der Waals surface area contributed by atoms with Crippen molar-refractivity contribution in [3.63, 3.8) is 0 Å². The van der Waals surface area contributed by atoms with Gasteiger partial charge in [0.05, 0.1) is 5.41 Å². The van der Waals surface area contributed by atoms with E-state index < -0.39 is 5.41 Å². The highest BCUT2D eigenvalue weighted by atomic mass is 16.3. The number of para-hydroxylation sites is 3. The van der Waals surface area contributed by atoms with Gasteiger partial charge in [0.2, 0.25) is 0 Å². The zero-order chi connectivity index (χ0) is 41.7. The normalized spacial score (nSPS) is 14.1. The molecule has 0 aliphatic heterocycles. The van der Waals surface area contributed by atoms with E-state index in [0.717, 1.165) is 50.1 Å². The molecule has 0 N–H and O–H groups in total. The standard InChI is InChI=1S/C61H41NO/c1-4-16-42(17-5-1)43-32-38-49(39-33-43)62(48-20-8-3-9-21-48)50-40-34-44(35-41-50)51-24-15-28-57-59(51)55-23-10-12-27-56(55)61(57,46-18-6-2-7-19-46)47-36-30-45(31-37-47)52-25-14-26-54-53-22-11-13-29-58(53)63-60(52)54/h1-41H. The molecule has 296 valence electrons. The smallest absolute Gasteiger partial charge is 0.143 e. The molecule has 0 spiro atoms. The summed E-state index contributed by atoms with van der Waals surface area (Å²) in [6.45, 7) is 0. The van der Waals surface area contributed by atoms with E-state index in [1.807, 2.05) is 6.07 Å². The number of anilines is 3. The second kappa shape index (κ2) is 15.1. The second-order valence-corrected chi connectivity index (χ2v) is 16.4. The number of nitrogens with zero attached hydrogens (tertiary/aromatic N) is 1. The summed E-state index contributed by atoms with van der Waals surface area (Å²) in [4.78, 5) is 2.34. The molecular weight excluding hydrogens is 763 g/mol. The summed E-state index contributed by atoms with van der Waals surface area (Å²) in [5.41, 5.74) is 19.2. The quantitative estimate of drug-likeness (QED) is 0.152. The van der Waals surface area contributed by atoms with Crippen molar-refractivity contribution in [1.29, 1.82) is 0 Å². The number of rotatable bonds is 8. The summed E-state index contributed by atoms with van der Waals surface area (Å²) in [6, 6.07) is 90.1. The first-order valence-corrected chi connectivity index (χ1v) is 21.7. The van der Waals surface area contributed by atoms with Crippen molar-refractivity contribution in [3.05, 3.63) is 271 Å². The van der Waals surface area contributed by atoms with E-state index in [1.165, 1.54) is 55.6 Å². The van der Waals surface area contributed by atoms with Crippen molar-refractivity contribution < 1.29 is 4.42 Å². The van der Waals surface area contributed by atoms with Crippen molar-refractivity contribution in [2.75, 3.05) is 4.90 Å². The summed E-state index contributed by atoms with van der Waals surface area (Å²) < 4.78 is 6.49. The van der Waals surface area contributed by atoms with Crippen molar-refractivity contribution in [1.82, 2.24) is 0 Å². The minimum atomic E-state index is -0.539. The maximum absolute atomic E-state index is 6.49. The molecule has 63 heavy (non-hydrogen) atoms. The van der Waals surface area contributed by atoms with Crippen molar-refractivity contribution in [2.24, 2.45) is 0 Å². The summed E-state index contributed by atoms with van der Waals surface area (Å²) in [5, 5.41) is 2.28. The lowest BCUT2D eigenvalue weighted by atomic mass is 9.67. The number of furan rings is 1. The van der Waals surface area contributed by atoms with Gasteiger partial charge >= 0.3 is 0 Å². The second-order valence-electron chi connectivity index (χ2n) is 16.4. The van der Waals surface area contributed by atoms with Gasteiger partial charge in [-0.15, -0.1) is 0 Å². The number of hydrogen-bond acceptors (Lipinski definition) is 2. The highest BCUT2D eigenvalue weighted by Gasteiger charge is 2.46. The highest BCUT2D eigenvalue weighted by Crippen LogP contribution is 2.58. The molecule has 2 heteroatoms. The molecule has 0 saturated carbocycles. The molecule has 2 nitrogen and oxygen atoms in total. The van der Waals surface area contributed by atoms with Crippen molar-refractivity contribution in [2.45, 2.75) is 5.41 Å². The summed E-state index contributed by atoms with van der Waals surface area (Å²) in [6.07, 6.45) is 0. The summed E-state index contributed by atoms with van der Waals surface area (Å²) in [5.74, 6) is 0. The monoisotopic (exact) mass is 803 g/mol. The Labute approximate surface area is 367 Å². The lowest BCUT2D eigenvalue weighted by Crippen LogP contribution is -2.28. The maximum atomic E-state index is 6.49. The van der Waals surface area contributed by atoms with Crippen LogP contribution in [0.1, 0.15) is 22.3 Å². The van der Waals surface area contributed by atoms with Gasteiger partial charge in [-0.2, -0.15) is 0 Å². The molecule has 1 aromatic heterocycles. The fourth-order valence-corrected chi connectivity index (χ4v) is 10.2. The Kier molecular flexibility index (Phi) is 8.76. The first-order valence-electron chi connectivity index (χ1n) is 21.7. The van der Waals surface area contributed by atoms with Crippen molar-refractivity contribution in [3.8, 4) is 44.5 Å². The molecule has 0 saturated heterocycles. The Hall–Kier alpha value is -8.20. The van der Waals surface area contributed by atoms with Crippen LogP contribution in [0.5, 0.6) is 0 Å². The minimum absolute atomic E-state index is 0.539. The average Bonchev–Trinajstić information content (AvgIpc) is 3.90. The van der Waals surface area contributed by atoms with E-state index in [4.69, 9.17) is 4.42 Å². The Morgan fingerprint density at radius 1 is 0.302 bits per heavy atom. The topological polar surface area (TPSA) is 16.4 Å².